The van der Waals surface area contributed by atoms with E-state index in [4.69, 9.17) is 0 Å². The Kier molecular flexibility index (Phi) is 3.53. The summed E-state index contributed by atoms with van der Waals surface area (Å²) in [5.41, 5.74) is -0.121. The lowest BCUT2D eigenvalue weighted by Gasteiger charge is -2.34. The SMILES string of the molecule is O=C(c1ccc(=O)[nH]n1)N1CCCCC1CO. The third kappa shape index (κ3) is 2.52. The van der Waals surface area contributed by atoms with Crippen LogP contribution in [0.25, 0.3) is 0 Å². The molecule has 0 spiro atoms. The van der Waals surface area contributed by atoms with Crippen LogP contribution in [0.5, 0.6) is 0 Å². The summed E-state index contributed by atoms with van der Waals surface area (Å²) in [5.74, 6) is -0.236. The molecule has 1 aliphatic heterocycles. The molecule has 0 aromatic carbocycles. The number of H-pyrrole nitrogens is 1. The van der Waals surface area contributed by atoms with Crippen molar-refractivity contribution in [2.45, 2.75) is 25.3 Å². The molecule has 1 atom stereocenters. The average molecular weight is 237 g/mol. The fraction of sp³-hybridized carbons (Fsp3) is 0.545. The van der Waals surface area contributed by atoms with Crippen LogP contribution in [0.1, 0.15) is 29.8 Å². The summed E-state index contributed by atoms with van der Waals surface area (Å²) >= 11 is 0. The maximum absolute atomic E-state index is 12.1. The van der Waals surface area contributed by atoms with E-state index in [1.54, 1.807) is 4.90 Å². The molecule has 92 valence electrons. The minimum Gasteiger partial charge on any atom is -0.394 e. The molecule has 0 bridgehead atoms. The van der Waals surface area contributed by atoms with Crippen LogP contribution in [0.15, 0.2) is 16.9 Å². The molecule has 2 rings (SSSR count). The summed E-state index contributed by atoms with van der Waals surface area (Å²) in [6.45, 7) is 0.597. The van der Waals surface area contributed by atoms with Crippen LogP contribution in [0.3, 0.4) is 0 Å². The number of carbonyl (C=O) groups excluding carboxylic acids is 1. The van der Waals surface area contributed by atoms with Gasteiger partial charge in [-0.3, -0.25) is 9.59 Å². The van der Waals surface area contributed by atoms with Crippen molar-refractivity contribution >= 4 is 5.91 Å². The Morgan fingerprint density at radius 3 is 3.00 bits per heavy atom. The van der Waals surface area contributed by atoms with E-state index in [0.717, 1.165) is 19.3 Å². The molecule has 1 aliphatic rings. The minimum absolute atomic E-state index is 0.0326. The summed E-state index contributed by atoms with van der Waals surface area (Å²) in [5, 5.41) is 15.2. The Labute approximate surface area is 98.3 Å². The van der Waals surface area contributed by atoms with Crippen LogP contribution >= 0.6 is 0 Å². The first kappa shape index (κ1) is 11.8. The highest BCUT2D eigenvalue weighted by molar-refractivity contribution is 5.92. The fourth-order valence-corrected chi connectivity index (χ4v) is 2.07. The molecule has 0 saturated carbocycles. The maximum Gasteiger partial charge on any atom is 0.274 e. The monoisotopic (exact) mass is 237 g/mol. The number of aliphatic hydroxyl groups excluding tert-OH is 1. The van der Waals surface area contributed by atoms with E-state index in [-0.39, 0.29) is 29.8 Å². The highest BCUT2D eigenvalue weighted by atomic mass is 16.3. The molecule has 1 aromatic heterocycles. The van der Waals surface area contributed by atoms with Crippen molar-refractivity contribution in [2.75, 3.05) is 13.2 Å². The van der Waals surface area contributed by atoms with Gasteiger partial charge in [0.1, 0.15) is 5.69 Å². The van der Waals surface area contributed by atoms with E-state index < -0.39 is 0 Å². The van der Waals surface area contributed by atoms with Gasteiger partial charge in [-0.05, 0) is 25.3 Å². The maximum atomic E-state index is 12.1. The molecule has 2 heterocycles. The van der Waals surface area contributed by atoms with Crippen molar-refractivity contribution in [1.29, 1.82) is 0 Å². The molecule has 17 heavy (non-hydrogen) atoms. The van der Waals surface area contributed by atoms with Crippen LogP contribution < -0.4 is 5.56 Å². The number of piperidine rings is 1. The molecule has 1 amide bonds. The average Bonchev–Trinajstić information content (AvgIpc) is 2.39. The Morgan fingerprint density at radius 2 is 2.35 bits per heavy atom. The normalized spacial score (nSPS) is 20.3. The van der Waals surface area contributed by atoms with Crippen molar-refractivity contribution in [3.63, 3.8) is 0 Å². The smallest absolute Gasteiger partial charge is 0.274 e. The van der Waals surface area contributed by atoms with Crippen molar-refractivity contribution in [3.8, 4) is 0 Å². The van der Waals surface area contributed by atoms with Gasteiger partial charge >= 0.3 is 0 Å². The summed E-state index contributed by atoms with van der Waals surface area (Å²) in [6.07, 6.45) is 2.77. The lowest BCUT2D eigenvalue weighted by Crippen LogP contribution is -2.46. The van der Waals surface area contributed by atoms with Gasteiger partial charge in [0.2, 0.25) is 0 Å². The van der Waals surface area contributed by atoms with Gasteiger partial charge < -0.3 is 10.0 Å². The van der Waals surface area contributed by atoms with Crippen molar-refractivity contribution in [1.82, 2.24) is 15.1 Å². The van der Waals surface area contributed by atoms with Crippen LogP contribution in [0.4, 0.5) is 0 Å². The number of hydrogen-bond donors (Lipinski definition) is 2. The highest BCUT2D eigenvalue weighted by Crippen LogP contribution is 2.18. The number of aliphatic hydroxyl groups is 1. The molecule has 0 aliphatic carbocycles. The molecular formula is C11H15N3O3. The molecule has 0 radical (unpaired) electrons. The number of hydrogen-bond acceptors (Lipinski definition) is 4. The van der Waals surface area contributed by atoms with Gasteiger partial charge in [-0.2, -0.15) is 5.10 Å². The van der Waals surface area contributed by atoms with Crippen molar-refractivity contribution in [3.05, 3.63) is 28.2 Å². The number of likely N-dealkylation sites (tertiary alicyclic amines) is 1. The number of amides is 1. The number of nitrogens with one attached hydrogen (secondary N) is 1. The zero-order valence-corrected chi connectivity index (χ0v) is 9.43. The highest BCUT2D eigenvalue weighted by Gasteiger charge is 2.27. The van der Waals surface area contributed by atoms with E-state index in [2.05, 4.69) is 10.2 Å². The van der Waals surface area contributed by atoms with Gasteiger partial charge in [-0.1, -0.05) is 0 Å². The lowest BCUT2D eigenvalue weighted by molar-refractivity contribution is 0.0496. The van der Waals surface area contributed by atoms with Gasteiger partial charge in [0, 0.05) is 12.6 Å². The van der Waals surface area contributed by atoms with Crippen LogP contribution in [0.2, 0.25) is 0 Å². The second-order valence-corrected chi connectivity index (χ2v) is 4.14. The third-order valence-corrected chi connectivity index (χ3v) is 3.00. The van der Waals surface area contributed by atoms with Gasteiger partial charge in [0.25, 0.3) is 11.5 Å². The summed E-state index contributed by atoms with van der Waals surface area (Å²) in [6, 6.07) is 2.55. The second-order valence-electron chi connectivity index (χ2n) is 4.14. The van der Waals surface area contributed by atoms with E-state index in [0.29, 0.717) is 6.54 Å². The summed E-state index contributed by atoms with van der Waals surface area (Å²) in [7, 11) is 0. The van der Waals surface area contributed by atoms with E-state index in [1.807, 2.05) is 0 Å². The predicted molar refractivity (Wildman–Crippen MR) is 60.6 cm³/mol. The third-order valence-electron chi connectivity index (χ3n) is 3.00. The number of aromatic nitrogens is 2. The Morgan fingerprint density at radius 1 is 1.53 bits per heavy atom. The minimum atomic E-state index is -0.334. The Hall–Kier alpha value is -1.69. The first-order valence-electron chi connectivity index (χ1n) is 5.70. The molecule has 6 nitrogen and oxygen atoms in total. The van der Waals surface area contributed by atoms with Crippen molar-refractivity contribution < 1.29 is 9.90 Å². The fourth-order valence-electron chi connectivity index (χ4n) is 2.07. The second kappa shape index (κ2) is 5.09. The van der Waals surface area contributed by atoms with Gasteiger partial charge in [-0.25, -0.2) is 5.10 Å². The molecule has 1 aromatic rings. The topological polar surface area (TPSA) is 86.3 Å². The molecule has 6 heteroatoms. The lowest BCUT2D eigenvalue weighted by atomic mass is 10.0. The van der Waals surface area contributed by atoms with Crippen LogP contribution in [0, 0.1) is 0 Å². The quantitative estimate of drug-likeness (QED) is 0.743. The summed E-state index contributed by atoms with van der Waals surface area (Å²) in [4.78, 5) is 24.6. The van der Waals surface area contributed by atoms with E-state index in [1.165, 1.54) is 12.1 Å². The van der Waals surface area contributed by atoms with Gasteiger partial charge in [0.05, 0.1) is 12.6 Å². The molecule has 2 N–H and O–H groups in total. The molecule has 1 saturated heterocycles. The number of carbonyl (C=O) groups is 1. The number of aromatic amines is 1. The number of rotatable bonds is 2. The van der Waals surface area contributed by atoms with Crippen molar-refractivity contribution in [2.24, 2.45) is 0 Å². The molecular weight excluding hydrogens is 222 g/mol. The largest absolute Gasteiger partial charge is 0.394 e. The van der Waals surface area contributed by atoms with E-state index in [9.17, 15) is 14.7 Å². The number of nitrogens with zero attached hydrogens (tertiary/aromatic N) is 2. The standard InChI is InChI=1S/C11H15N3O3/c15-7-8-3-1-2-6-14(8)11(17)9-4-5-10(16)13-12-9/h4-5,8,15H,1-3,6-7H2,(H,13,16). The van der Waals surface area contributed by atoms with E-state index >= 15 is 0 Å². The summed E-state index contributed by atoms with van der Waals surface area (Å²) < 4.78 is 0. The predicted octanol–water partition coefficient (Wildman–Crippen LogP) is -0.243. The molecule has 1 unspecified atom stereocenters. The van der Waals surface area contributed by atoms with Crippen LogP contribution in [-0.2, 0) is 0 Å². The first-order chi connectivity index (χ1) is 8.22. The Balaban J connectivity index is 2.18. The van der Waals surface area contributed by atoms with Crippen LogP contribution in [-0.4, -0.2) is 45.3 Å². The zero-order chi connectivity index (χ0) is 12.3. The van der Waals surface area contributed by atoms with Gasteiger partial charge in [0.15, 0.2) is 0 Å². The first-order valence-corrected chi connectivity index (χ1v) is 5.70. The molecule has 1 fully saturated rings. The van der Waals surface area contributed by atoms with Gasteiger partial charge in [-0.15, -0.1) is 0 Å². The Bertz CT molecular complexity index is 437. The zero-order valence-electron chi connectivity index (χ0n) is 9.43.